The highest BCUT2D eigenvalue weighted by Crippen LogP contribution is 2.20. The first kappa shape index (κ1) is 20.2. The van der Waals surface area contributed by atoms with Crippen LogP contribution in [0.3, 0.4) is 0 Å². The fourth-order valence-corrected chi connectivity index (χ4v) is 3.05. The number of sulfonamides is 1. The van der Waals surface area contributed by atoms with Crippen molar-refractivity contribution in [1.29, 1.82) is 0 Å². The van der Waals surface area contributed by atoms with E-state index in [1.54, 1.807) is 42.5 Å². The molecular formula is C18H21ClN2O4S. The zero-order valence-electron chi connectivity index (χ0n) is 14.6. The molecule has 0 aliphatic heterocycles. The third-order valence-electron chi connectivity index (χ3n) is 3.68. The molecular weight excluding hydrogens is 376 g/mol. The Morgan fingerprint density at radius 2 is 1.77 bits per heavy atom. The van der Waals surface area contributed by atoms with Crippen molar-refractivity contribution in [3.05, 3.63) is 64.2 Å². The molecule has 2 aromatic rings. The van der Waals surface area contributed by atoms with Crippen molar-refractivity contribution in [2.75, 3.05) is 13.7 Å². The quantitative estimate of drug-likeness (QED) is 0.717. The number of benzene rings is 2. The van der Waals surface area contributed by atoms with Gasteiger partial charge >= 0.3 is 0 Å². The molecule has 0 spiro atoms. The Morgan fingerprint density at radius 1 is 1.12 bits per heavy atom. The molecule has 2 aromatic carbocycles. The van der Waals surface area contributed by atoms with E-state index in [4.69, 9.17) is 16.3 Å². The molecule has 0 radical (unpaired) electrons. The van der Waals surface area contributed by atoms with Crippen LogP contribution in [0.25, 0.3) is 0 Å². The van der Waals surface area contributed by atoms with Gasteiger partial charge in [0.25, 0.3) is 5.91 Å². The molecule has 0 saturated heterocycles. The lowest BCUT2D eigenvalue weighted by Crippen LogP contribution is -2.28. The zero-order valence-corrected chi connectivity index (χ0v) is 16.2. The standard InChI is InChI=1S/C18H21ClN2O4S/c1-13-9-16(7-8-17(13)19)25-11-18(22)21-10-14-3-5-15(6-4-14)12-26(23,24)20-2/h3-9,20H,10-12H2,1-2H3,(H,21,22). The molecule has 0 bridgehead atoms. The van der Waals surface area contributed by atoms with Crippen LogP contribution in [0.15, 0.2) is 42.5 Å². The number of nitrogens with one attached hydrogen (secondary N) is 2. The lowest BCUT2D eigenvalue weighted by Gasteiger charge is -2.09. The summed E-state index contributed by atoms with van der Waals surface area (Å²) in [4.78, 5) is 11.9. The van der Waals surface area contributed by atoms with Crippen LogP contribution in [0.1, 0.15) is 16.7 Å². The molecule has 0 saturated carbocycles. The molecule has 8 heteroatoms. The van der Waals surface area contributed by atoms with Crippen LogP contribution in [-0.4, -0.2) is 28.0 Å². The summed E-state index contributed by atoms with van der Waals surface area (Å²) in [7, 11) is -1.91. The van der Waals surface area contributed by atoms with Crippen LogP contribution in [0, 0.1) is 6.92 Å². The molecule has 140 valence electrons. The van der Waals surface area contributed by atoms with Gasteiger partial charge in [0.05, 0.1) is 5.75 Å². The maximum Gasteiger partial charge on any atom is 0.258 e. The number of ether oxygens (including phenoxy) is 1. The molecule has 0 unspecified atom stereocenters. The topological polar surface area (TPSA) is 84.5 Å². The predicted molar refractivity (Wildman–Crippen MR) is 102 cm³/mol. The summed E-state index contributed by atoms with van der Waals surface area (Å²) >= 11 is 5.94. The summed E-state index contributed by atoms with van der Waals surface area (Å²) in [6, 6.07) is 12.2. The van der Waals surface area contributed by atoms with E-state index in [9.17, 15) is 13.2 Å². The summed E-state index contributed by atoms with van der Waals surface area (Å²) in [5.41, 5.74) is 2.42. The summed E-state index contributed by atoms with van der Waals surface area (Å²) in [6.07, 6.45) is 0. The van der Waals surface area contributed by atoms with E-state index in [2.05, 4.69) is 10.0 Å². The number of carbonyl (C=O) groups is 1. The first-order chi connectivity index (χ1) is 12.3. The minimum absolute atomic E-state index is 0.0789. The van der Waals surface area contributed by atoms with Crippen LogP contribution in [0.5, 0.6) is 5.75 Å². The summed E-state index contributed by atoms with van der Waals surface area (Å²) < 4.78 is 30.7. The molecule has 0 atom stereocenters. The second-order valence-corrected chi connectivity index (χ2v) is 8.09. The van der Waals surface area contributed by atoms with Gasteiger partial charge in [-0.05, 0) is 48.9 Å². The highest BCUT2D eigenvalue weighted by atomic mass is 35.5. The van der Waals surface area contributed by atoms with Gasteiger partial charge in [0.2, 0.25) is 10.0 Å². The van der Waals surface area contributed by atoms with Crippen LogP contribution in [0.4, 0.5) is 0 Å². The van der Waals surface area contributed by atoms with Crippen molar-refractivity contribution in [2.24, 2.45) is 0 Å². The van der Waals surface area contributed by atoms with Gasteiger partial charge in [-0.3, -0.25) is 4.79 Å². The number of carbonyl (C=O) groups excluding carboxylic acids is 1. The van der Waals surface area contributed by atoms with Crippen molar-refractivity contribution >= 4 is 27.5 Å². The fourth-order valence-electron chi connectivity index (χ4n) is 2.15. The van der Waals surface area contributed by atoms with Crippen molar-refractivity contribution < 1.29 is 17.9 Å². The Morgan fingerprint density at radius 3 is 2.38 bits per heavy atom. The number of hydrogen-bond donors (Lipinski definition) is 2. The number of amides is 1. The van der Waals surface area contributed by atoms with Gasteiger partial charge in [0.15, 0.2) is 6.61 Å². The van der Waals surface area contributed by atoms with Crippen molar-refractivity contribution in [3.8, 4) is 5.75 Å². The van der Waals surface area contributed by atoms with E-state index >= 15 is 0 Å². The molecule has 2 N–H and O–H groups in total. The summed E-state index contributed by atoms with van der Waals surface area (Å²) in [5, 5.41) is 3.40. The third kappa shape index (κ3) is 6.33. The van der Waals surface area contributed by atoms with E-state index < -0.39 is 10.0 Å². The Labute approximate surface area is 158 Å². The highest BCUT2D eigenvalue weighted by Gasteiger charge is 2.09. The van der Waals surface area contributed by atoms with E-state index in [1.807, 2.05) is 6.92 Å². The van der Waals surface area contributed by atoms with Gasteiger partial charge in [-0.1, -0.05) is 35.9 Å². The molecule has 0 fully saturated rings. The van der Waals surface area contributed by atoms with E-state index in [1.165, 1.54) is 7.05 Å². The molecule has 0 aromatic heterocycles. The smallest absolute Gasteiger partial charge is 0.258 e. The molecule has 0 aliphatic carbocycles. The largest absolute Gasteiger partial charge is 0.484 e. The highest BCUT2D eigenvalue weighted by molar-refractivity contribution is 7.88. The average Bonchev–Trinajstić information content (AvgIpc) is 2.62. The average molecular weight is 397 g/mol. The molecule has 0 heterocycles. The second kappa shape index (κ2) is 9.02. The molecule has 26 heavy (non-hydrogen) atoms. The first-order valence-corrected chi connectivity index (χ1v) is 9.97. The third-order valence-corrected chi connectivity index (χ3v) is 5.44. The minimum Gasteiger partial charge on any atom is -0.484 e. The minimum atomic E-state index is -3.30. The van der Waals surface area contributed by atoms with E-state index in [-0.39, 0.29) is 18.3 Å². The Hall–Kier alpha value is -2.09. The van der Waals surface area contributed by atoms with Gasteiger partial charge in [-0.15, -0.1) is 0 Å². The fraction of sp³-hybridized carbons (Fsp3) is 0.278. The van der Waals surface area contributed by atoms with E-state index in [0.29, 0.717) is 22.9 Å². The number of hydrogen-bond acceptors (Lipinski definition) is 4. The molecule has 6 nitrogen and oxygen atoms in total. The normalized spacial score (nSPS) is 11.2. The summed E-state index contributed by atoms with van der Waals surface area (Å²) in [6.45, 7) is 2.10. The first-order valence-electron chi connectivity index (χ1n) is 7.94. The van der Waals surface area contributed by atoms with Gasteiger partial charge in [-0.2, -0.15) is 0 Å². The molecule has 1 amide bonds. The second-order valence-electron chi connectivity index (χ2n) is 5.76. The predicted octanol–water partition coefficient (Wildman–Crippen LogP) is 2.39. The molecule has 0 aliphatic rings. The monoisotopic (exact) mass is 396 g/mol. The van der Waals surface area contributed by atoms with Gasteiger partial charge in [0.1, 0.15) is 5.75 Å². The van der Waals surface area contributed by atoms with Crippen LogP contribution in [0.2, 0.25) is 5.02 Å². The lowest BCUT2D eigenvalue weighted by atomic mass is 10.1. The summed E-state index contributed by atoms with van der Waals surface area (Å²) in [5.74, 6) is 0.251. The van der Waals surface area contributed by atoms with E-state index in [0.717, 1.165) is 11.1 Å². The van der Waals surface area contributed by atoms with Crippen molar-refractivity contribution in [3.63, 3.8) is 0 Å². The Kier molecular flexibility index (Phi) is 7.02. The molecule has 2 rings (SSSR count). The maximum atomic E-state index is 11.9. The van der Waals surface area contributed by atoms with Crippen LogP contribution in [-0.2, 0) is 27.1 Å². The Balaban J connectivity index is 1.80. The number of halogens is 1. The number of aryl methyl sites for hydroxylation is 1. The van der Waals surface area contributed by atoms with Crippen molar-refractivity contribution in [2.45, 2.75) is 19.2 Å². The maximum absolute atomic E-state index is 11.9. The van der Waals surface area contributed by atoms with Gasteiger partial charge in [0, 0.05) is 11.6 Å². The zero-order chi connectivity index (χ0) is 19.2. The van der Waals surface area contributed by atoms with Crippen LogP contribution < -0.4 is 14.8 Å². The lowest BCUT2D eigenvalue weighted by molar-refractivity contribution is -0.123. The van der Waals surface area contributed by atoms with Crippen LogP contribution >= 0.6 is 11.6 Å². The van der Waals surface area contributed by atoms with Crippen molar-refractivity contribution in [1.82, 2.24) is 10.0 Å². The Bertz CT molecular complexity index is 867. The number of rotatable bonds is 8. The SMILES string of the molecule is CNS(=O)(=O)Cc1ccc(CNC(=O)COc2ccc(Cl)c(C)c2)cc1. The van der Waals surface area contributed by atoms with Gasteiger partial charge < -0.3 is 10.1 Å². The van der Waals surface area contributed by atoms with Gasteiger partial charge in [-0.25, -0.2) is 13.1 Å².